The van der Waals surface area contributed by atoms with Gasteiger partial charge in [-0.25, -0.2) is 0 Å². The van der Waals surface area contributed by atoms with Gasteiger partial charge in [0.05, 0.1) is 0 Å². The molecule has 1 aliphatic rings. The lowest BCUT2D eigenvalue weighted by atomic mass is 9.90. The highest BCUT2D eigenvalue weighted by atomic mass is 16.5. The molecule has 1 aromatic carbocycles. The van der Waals surface area contributed by atoms with Crippen LogP contribution in [0.15, 0.2) is 18.3 Å². The SMILES string of the molecule is Cc1cc2c([n+](O)c1)C(=O)c1c(C)cc(C)c(C)c1CC2. The molecule has 3 nitrogen and oxygen atoms in total. The molecule has 0 fully saturated rings. The van der Waals surface area contributed by atoms with Crippen LogP contribution in [-0.4, -0.2) is 11.0 Å². The van der Waals surface area contributed by atoms with E-state index in [1.807, 2.05) is 19.9 Å². The third kappa shape index (κ3) is 2.04. The number of hydrogen-bond donors (Lipinski definition) is 1. The van der Waals surface area contributed by atoms with Gasteiger partial charge in [0.2, 0.25) is 6.20 Å². The van der Waals surface area contributed by atoms with Crippen molar-refractivity contribution in [3.05, 3.63) is 63.0 Å². The van der Waals surface area contributed by atoms with E-state index in [2.05, 4.69) is 19.9 Å². The predicted molar refractivity (Wildman–Crippen MR) is 80.1 cm³/mol. The molecule has 3 rings (SSSR count). The number of carbonyl (C=O) groups is 1. The molecule has 108 valence electrons. The van der Waals surface area contributed by atoms with E-state index in [4.69, 9.17) is 0 Å². The quantitative estimate of drug-likeness (QED) is 0.596. The van der Waals surface area contributed by atoms with E-state index in [0.717, 1.165) is 45.4 Å². The second-order valence-corrected chi connectivity index (χ2v) is 6.05. The summed E-state index contributed by atoms with van der Waals surface area (Å²) >= 11 is 0. The van der Waals surface area contributed by atoms with Crippen LogP contribution in [0.1, 0.15) is 49.4 Å². The summed E-state index contributed by atoms with van der Waals surface area (Å²) in [6, 6.07) is 4.07. The fraction of sp³-hybridized carbons (Fsp3) is 0.333. The highest BCUT2D eigenvalue weighted by molar-refractivity contribution is 6.10. The minimum absolute atomic E-state index is 0.0689. The van der Waals surface area contributed by atoms with Gasteiger partial charge in [0, 0.05) is 21.4 Å². The van der Waals surface area contributed by atoms with E-state index in [1.54, 1.807) is 6.20 Å². The molecule has 0 unspecified atom stereocenters. The lowest BCUT2D eigenvalue weighted by Gasteiger charge is -2.13. The van der Waals surface area contributed by atoms with Crippen LogP contribution in [-0.2, 0) is 12.8 Å². The average molecular weight is 282 g/mol. The van der Waals surface area contributed by atoms with Crippen molar-refractivity contribution in [2.24, 2.45) is 0 Å². The molecule has 0 aliphatic heterocycles. The van der Waals surface area contributed by atoms with Crippen molar-refractivity contribution in [2.45, 2.75) is 40.5 Å². The van der Waals surface area contributed by atoms with Crippen LogP contribution in [0.4, 0.5) is 0 Å². The molecule has 1 N–H and O–H groups in total. The summed E-state index contributed by atoms with van der Waals surface area (Å²) in [7, 11) is 0. The third-order valence-electron chi connectivity index (χ3n) is 4.52. The highest BCUT2D eigenvalue weighted by Crippen LogP contribution is 2.29. The van der Waals surface area contributed by atoms with E-state index in [0.29, 0.717) is 5.69 Å². The van der Waals surface area contributed by atoms with Gasteiger partial charge in [-0.15, -0.1) is 0 Å². The van der Waals surface area contributed by atoms with Gasteiger partial charge in [0.15, 0.2) is 0 Å². The first kappa shape index (κ1) is 13.8. The van der Waals surface area contributed by atoms with Crippen molar-refractivity contribution in [3.63, 3.8) is 0 Å². The molecular formula is C18H20NO2+. The summed E-state index contributed by atoms with van der Waals surface area (Å²) in [4.78, 5) is 13.0. The molecule has 0 atom stereocenters. The zero-order chi connectivity index (χ0) is 15.3. The Labute approximate surface area is 124 Å². The van der Waals surface area contributed by atoms with Crippen LogP contribution in [0, 0.1) is 27.7 Å². The number of carbonyl (C=O) groups excluding carboxylic acids is 1. The van der Waals surface area contributed by atoms with Crippen molar-refractivity contribution in [1.29, 1.82) is 0 Å². The van der Waals surface area contributed by atoms with Crippen molar-refractivity contribution in [1.82, 2.24) is 0 Å². The molecule has 21 heavy (non-hydrogen) atoms. The summed E-state index contributed by atoms with van der Waals surface area (Å²) in [6.45, 7) is 8.07. The van der Waals surface area contributed by atoms with Gasteiger partial charge in [0.1, 0.15) is 0 Å². The van der Waals surface area contributed by atoms with Crippen molar-refractivity contribution >= 4 is 5.78 Å². The first-order chi connectivity index (χ1) is 9.90. The highest BCUT2D eigenvalue weighted by Gasteiger charge is 2.33. The molecule has 0 amide bonds. The average Bonchev–Trinajstić information content (AvgIpc) is 2.53. The first-order valence-corrected chi connectivity index (χ1v) is 7.29. The normalized spacial score (nSPS) is 13.6. The lowest BCUT2D eigenvalue weighted by molar-refractivity contribution is -0.906. The molecule has 0 bridgehead atoms. The second kappa shape index (κ2) is 4.69. The van der Waals surface area contributed by atoms with E-state index in [1.165, 1.54) is 11.1 Å². The fourth-order valence-corrected chi connectivity index (χ4v) is 3.40. The number of hydrogen-bond acceptors (Lipinski definition) is 2. The molecule has 0 spiro atoms. The molecule has 1 aromatic heterocycles. The summed E-state index contributed by atoms with van der Waals surface area (Å²) in [5, 5.41) is 10.2. The summed E-state index contributed by atoms with van der Waals surface area (Å²) < 4.78 is 0.997. The zero-order valence-corrected chi connectivity index (χ0v) is 12.9. The Bertz CT molecular complexity index is 776. The van der Waals surface area contributed by atoms with Crippen molar-refractivity contribution < 1.29 is 14.7 Å². The maximum Gasteiger partial charge on any atom is 0.307 e. The third-order valence-corrected chi connectivity index (χ3v) is 4.52. The molecule has 0 radical (unpaired) electrons. The number of aromatic nitrogens is 1. The largest absolute Gasteiger partial charge is 0.307 e. The minimum Gasteiger partial charge on any atom is -0.284 e. The van der Waals surface area contributed by atoms with Gasteiger partial charge in [0.25, 0.3) is 5.78 Å². The molecule has 3 heteroatoms. The van der Waals surface area contributed by atoms with Crippen molar-refractivity contribution in [3.8, 4) is 0 Å². The van der Waals surface area contributed by atoms with Crippen LogP contribution >= 0.6 is 0 Å². The number of rotatable bonds is 0. The van der Waals surface area contributed by atoms with Gasteiger partial charge < -0.3 is 0 Å². The van der Waals surface area contributed by atoms with Crippen LogP contribution in [0.5, 0.6) is 0 Å². The second-order valence-electron chi connectivity index (χ2n) is 6.05. The van der Waals surface area contributed by atoms with Gasteiger partial charge in [-0.05, 0) is 68.9 Å². The van der Waals surface area contributed by atoms with Crippen LogP contribution in [0.2, 0.25) is 0 Å². The number of nitrogens with zero attached hydrogens (tertiary/aromatic N) is 1. The van der Waals surface area contributed by atoms with E-state index in [9.17, 15) is 10.0 Å². The van der Waals surface area contributed by atoms with E-state index < -0.39 is 0 Å². The topological polar surface area (TPSA) is 41.2 Å². The minimum atomic E-state index is -0.0689. The number of pyridine rings is 1. The molecule has 1 heterocycles. The maximum atomic E-state index is 13.0. The Morgan fingerprint density at radius 2 is 1.76 bits per heavy atom. The number of aryl methyl sites for hydroxylation is 4. The molecular weight excluding hydrogens is 262 g/mol. The molecule has 1 aliphatic carbocycles. The van der Waals surface area contributed by atoms with Gasteiger partial charge >= 0.3 is 5.69 Å². The van der Waals surface area contributed by atoms with Crippen LogP contribution in [0.25, 0.3) is 0 Å². The molecule has 0 saturated carbocycles. The zero-order valence-electron chi connectivity index (χ0n) is 12.9. The lowest BCUT2D eigenvalue weighted by Crippen LogP contribution is -2.39. The number of ketones is 1. The standard InChI is InChI=1S/C18H20NO2/c1-10-7-14-5-6-15-13(4)11(2)8-12(3)16(15)18(20)17(14)19(21)9-10/h7-9,21H,5-6H2,1-4H3/q+1. The number of fused-ring (bicyclic) bond motifs is 2. The Hall–Kier alpha value is -2.16. The molecule has 2 aromatic rings. The summed E-state index contributed by atoms with van der Waals surface area (Å²) in [5.74, 6) is -0.0689. The molecule has 0 saturated heterocycles. The van der Waals surface area contributed by atoms with Crippen LogP contribution in [0.3, 0.4) is 0 Å². The summed E-state index contributed by atoms with van der Waals surface area (Å²) in [6.07, 6.45) is 3.21. The Balaban J connectivity index is 2.32. The van der Waals surface area contributed by atoms with Gasteiger partial charge in [-0.2, -0.15) is 0 Å². The Morgan fingerprint density at radius 3 is 2.48 bits per heavy atom. The monoisotopic (exact) mass is 282 g/mol. The van der Waals surface area contributed by atoms with E-state index in [-0.39, 0.29) is 5.78 Å². The maximum absolute atomic E-state index is 13.0. The fourth-order valence-electron chi connectivity index (χ4n) is 3.40. The van der Waals surface area contributed by atoms with Gasteiger partial charge in [-0.3, -0.25) is 10.0 Å². The van der Waals surface area contributed by atoms with Crippen molar-refractivity contribution in [2.75, 3.05) is 0 Å². The van der Waals surface area contributed by atoms with E-state index >= 15 is 0 Å². The predicted octanol–water partition coefficient (Wildman–Crippen LogP) is 2.77. The van der Waals surface area contributed by atoms with Crippen LogP contribution < -0.4 is 4.73 Å². The summed E-state index contributed by atoms with van der Waals surface area (Å²) in [5.41, 5.74) is 7.60. The Morgan fingerprint density at radius 1 is 1.05 bits per heavy atom. The van der Waals surface area contributed by atoms with Gasteiger partial charge in [-0.1, -0.05) is 6.07 Å². The first-order valence-electron chi connectivity index (χ1n) is 7.29. The smallest absolute Gasteiger partial charge is 0.284 e. The Kier molecular flexibility index (Phi) is 3.08. The number of benzene rings is 1.